The third kappa shape index (κ3) is 4.13. The second-order valence-electron chi connectivity index (χ2n) is 3.09. The van der Waals surface area contributed by atoms with E-state index in [9.17, 15) is 4.79 Å². The van der Waals surface area contributed by atoms with Gasteiger partial charge in [-0.2, -0.15) is 12.6 Å². The van der Waals surface area contributed by atoms with Crippen LogP contribution in [-0.2, 0) is 9.53 Å². The van der Waals surface area contributed by atoms with E-state index in [1.807, 2.05) is 20.8 Å². The lowest BCUT2D eigenvalue weighted by Gasteiger charge is -2.32. The van der Waals surface area contributed by atoms with Crippen molar-refractivity contribution in [3.05, 3.63) is 0 Å². The molecule has 0 aromatic carbocycles. The molecule has 1 aliphatic heterocycles. The minimum absolute atomic E-state index is 0.0589. The molecule has 0 bridgehead atoms. The summed E-state index contributed by atoms with van der Waals surface area (Å²) >= 11 is 5.87. The van der Waals surface area contributed by atoms with E-state index in [2.05, 4.69) is 19.6 Å². The van der Waals surface area contributed by atoms with Crippen LogP contribution in [0.15, 0.2) is 0 Å². The third-order valence-corrected chi connectivity index (χ3v) is 3.92. The van der Waals surface area contributed by atoms with Gasteiger partial charge in [-0.25, -0.2) is 0 Å². The van der Waals surface area contributed by atoms with Gasteiger partial charge in [0.2, 0.25) is 0 Å². The van der Waals surface area contributed by atoms with Gasteiger partial charge in [-0.3, -0.25) is 4.79 Å². The number of esters is 1. The molecule has 0 saturated carbocycles. The molecule has 4 heteroatoms. The Balaban J connectivity index is 0.000000791. The lowest BCUT2D eigenvalue weighted by Crippen LogP contribution is -2.37. The molecule has 1 heterocycles. The zero-order valence-electron chi connectivity index (χ0n) is 9.32. The molecule has 1 saturated heterocycles. The lowest BCUT2D eigenvalue weighted by molar-refractivity contribution is -0.155. The molecule has 3 atom stereocenters. The van der Waals surface area contributed by atoms with Crippen LogP contribution in [0.4, 0.5) is 0 Å². The summed E-state index contributed by atoms with van der Waals surface area (Å²) in [5, 5.41) is 1.16. The number of ether oxygens (including phenoxy) is 1. The van der Waals surface area contributed by atoms with Crippen LogP contribution >= 0.6 is 24.4 Å². The monoisotopic (exact) mass is 236 g/mol. The molecule has 1 aliphatic rings. The quantitative estimate of drug-likeness (QED) is 0.453. The maximum Gasteiger partial charge on any atom is 0.307 e. The summed E-state index contributed by atoms with van der Waals surface area (Å²) in [6.07, 6.45) is 0.597. The molecule has 0 aromatic rings. The zero-order valence-corrected chi connectivity index (χ0v) is 11.0. The lowest BCUT2D eigenvalue weighted by atomic mass is 9.97. The summed E-state index contributed by atoms with van der Waals surface area (Å²) in [4.78, 5) is 11.0. The van der Waals surface area contributed by atoms with Crippen LogP contribution in [0.2, 0.25) is 0 Å². The number of hydrogen-bond donors (Lipinski definition) is 1. The van der Waals surface area contributed by atoms with Crippen molar-refractivity contribution in [2.45, 2.75) is 45.5 Å². The molecule has 0 aliphatic carbocycles. The van der Waals surface area contributed by atoms with E-state index in [0.717, 1.165) is 5.08 Å². The number of cyclic esters (lactones) is 1. The van der Waals surface area contributed by atoms with Crippen molar-refractivity contribution in [2.75, 3.05) is 5.08 Å². The Labute approximate surface area is 96.6 Å². The van der Waals surface area contributed by atoms with Crippen molar-refractivity contribution in [1.29, 1.82) is 0 Å². The van der Waals surface area contributed by atoms with Crippen LogP contribution < -0.4 is 0 Å². The van der Waals surface area contributed by atoms with Gasteiger partial charge in [-0.15, -0.1) is 11.8 Å². The minimum atomic E-state index is -0.0696. The van der Waals surface area contributed by atoms with E-state index in [1.54, 1.807) is 11.8 Å². The smallest absolute Gasteiger partial charge is 0.307 e. The van der Waals surface area contributed by atoms with Crippen molar-refractivity contribution in [3.8, 4) is 0 Å². The molecule has 2 nitrogen and oxygen atoms in total. The van der Waals surface area contributed by atoms with Gasteiger partial charge in [0.25, 0.3) is 0 Å². The Bertz CT molecular complexity index is 174. The number of carbonyl (C=O) groups excluding carboxylic acids is 1. The van der Waals surface area contributed by atoms with Crippen LogP contribution in [0.5, 0.6) is 0 Å². The molecule has 0 radical (unpaired) electrons. The SMILES string of the molecule is CC.CC1OC(=O)CC(SCS)C1C. The number of thiol groups is 1. The number of hydrogen-bond acceptors (Lipinski definition) is 4. The van der Waals surface area contributed by atoms with E-state index in [1.165, 1.54) is 0 Å². The van der Waals surface area contributed by atoms with Crippen molar-refractivity contribution in [2.24, 2.45) is 5.92 Å². The fourth-order valence-electron chi connectivity index (χ4n) is 1.32. The van der Waals surface area contributed by atoms with Gasteiger partial charge in [0.15, 0.2) is 0 Å². The molecular formula is C10H20O2S2. The molecule has 3 unspecified atom stereocenters. The Kier molecular flexibility index (Phi) is 7.55. The Hall–Kier alpha value is 0.170. The number of carbonyl (C=O) groups is 1. The Morgan fingerprint density at radius 2 is 2.07 bits per heavy atom. The summed E-state index contributed by atoms with van der Waals surface area (Å²) in [6.45, 7) is 8.08. The molecule has 0 N–H and O–H groups in total. The average Bonchev–Trinajstić information content (AvgIpc) is 2.17. The molecule has 1 rings (SSSR count). The Morgan fingerprint density at radius 1 is 1.50 bits per heavy atom. The molecule has 14 heavy (non-hydrogen) atoms. The molecule has 0 aromatic heterocycles. The molecule has 0 amide bonds. The van der Waals surface area contributed by atoms with Gasteiger partial charge in [-0.05, 0) is 6.92 Å². The molecular weight excluding hydrogens is 216 g/mol. The highest BCUT2D eigenvalue weighted by Crippen LogP contribution is 2.31. The maximum absolute atomic E-state index is 11.0. The van der Waals surface area contributed by atoms with Crippen molar-refractivity contribution >= 4 is 30.4 Å². The van der Waals surface area contributed by atoms with E-state index < -0.39 is 0 Å². The van der Waals surface area contributed by atoms with Crippen molar-refractivity contribution in [1.82, 2.24) is 0 Å². The predicted octanol–water partition coefficient (Wildman–Crippen LogP) is 2.97. The van der Waals surface area contributed by atoms with Gasteiger partial charge in [0.1, 0.15) is 6.10 Å². The summed E-state index contributed by atoms with van der Waals surface area (Å²) in [7, 11) is 0. The second kappa shape index (κ2) is 7.46. The van der Waals surface area contributed by atoms with E-state index in [0.29, 0.717) is 17.6 Å². The van der Waals surface area contributed by atoms with Crippen molar-refractivity contribution < 1.29 is 9.53 Å². The van der Waals surface area contributed by atoms with Gasteiger partial charge in [0.05, 0.1) is 6.42 Å². The number of rotatable bonds is 2. The van der Waals surface area contributed by atoms with Crippen LogP contribution in [0.25, 0.3) is 0 Å². The average molecular weight is 236 g/mol. The van der Waals surface area contributed by atoms with E-state index in [-0.39, 0.29) is 12.1 Å². The van der Waals surface area contributed by atoms with Crippen LogP contribution in [0.1, 0.15) is 34.1 Å². The first kappa shape index (κ1) is 14.2. The van der Waals surface area contributed by atoms with Crippen molar-refractivity contribution in [3.63, 3.8) is 0 Å². The van der Waals surface area contributed by atoms with Gasteiger partial charge >= 0.3 is 5.97 Å². The molecule has 0 spiro atoms. The summed E-state index contributed by atoms with van der Waals surface area (Å²) in [5.41, 5.74) is 0. The fraction of sp³-hybridized carbons (Fsp3) is 0.900. The highest BCUT2D eigenvalue weighted by atomic mass is 32.2. The Morgan fingerprint density at radius 3 is 2.57 bits per heavy atom. The zero-order chi connectivity index (χ0) is 11.1. The topological polar surface area (TPSA) is 26.3 Å². The first-order chi connectivity index (χ1) is 6.65. The predicted molar refractivity (Wildman–Crippen MR) is 65.9 cm³/mol. The first-order valence-corrected chi connectivity index (χ1v) is 6.75. The van der Waals surface area contributed by atoms with Gasteiger partial charge < -0.3 is 4.74 Å². The van der Waals surface area contributed by atoms with Crippen LogP contribution in [0.3, 0.4) is 0 Å². The standard InChI is InChI=1S/C8H14O2S2.C2H6/c1-5-6(2)10-8(9)3-7(5)12-4-11;1-2/h5-7,11H,3-4H2,1-2H3;1-2H3. The summed E-state index contributed by atoms with van der Waals surface area (Å²) in [5.74, 6) is 0.375. The highest BCUT2D eigenvalue weighted by Gasteiger charge is 2.32. The molecule has 84 valence electrons. The first-order valence-electron chi connectivity index (χ1n) is 5.07. The third-order valence-electron chi connectivity index (χ3n) is 2.30. The minimum Gasteiger partial charge on any atom is -0.462 e. The van der Waals surface area contributed by atoms with Gasteiger partial charge in [0, 0.05) is 16.3 Å². The normalized spacial score (nSPS) is 31.5. The molecule has 1 fully saturated rings. The maximum atomic E-state index is 11.0. The van der Waals surface area contributed by atoms with Crippen LogP contribution in [-0.4, -0.2) is 22.4 Å². The van der Waals surface area contributed by atoms with Gasteiger partial charge in [-0.1, -0.05) is 20.8 Å². The summed E-state index contributed by atoms with van der Waals surface area (Å²) in [6, 6.07) is 0. The largest absolute Gasteiger partial charge is 0.462 e. The van der Waals surface area contributed by atoms with Crippen LogP contribution in [0, 0.1) is 5.92 Å². The second-order valence-corrected chi connectivity index (χ2v) is 5.06. The highest BCUT2D eigenvalue weighted by molar-refractivity contribution is 8.09. The summed E-state index contributed by atoms with van der Waals surface area (Å²) < 4.78 is 5.10. The fourth-order valence-corrected chi connectivity index (χ4v) is 2.87. The number of thioether (sulfide) groups is 1. The van der Waals surface area contributed by atoms with E-state index in [4.69, 9.17) is 4.74 Å². The van der Waals surface area contributed by atoms with E-state index >= 15 is 0 Å².